The van der Waals surface area contributed by atoms with E-state index in [-0.39, 0.29) is 37.0 Å². The second kappa shape index (κ2) is 10.3. The van der Waals surface area contributed by atoms with E-state index in [4.69, 9.17) is 4.65 Å². The smallest absolute Gasteiger partial charge is 0.0312 e. The maximum absolute atomic E-state index is 12.7. The normalized spacial score (nSPS) is 14.8. The third-order valence-electron chi connectivity index (χ3n) is 5.30. The molecule has 3 heterocycles. The Hall–Kier alpha value is -3.05. The SMILES string of the molecule is CN1C(=O)c2c(c3c4cc(O)ccc4[nH]c3c3ncccc23)C1=O.[C-]#[O+].[CH]1[CH][CH][CH][CH][CH]1.[Ru+3]. The van der Waals surface area contributed by atoms with Gasteiger partial charge in [0.1, 0.15) is 5.75 Å². The molecule has 0 spiro atoms. The number of hydrogen-bond acceptors (Lipinski definition) is 4. The molecule has 0 unspecified atom stereocenters. The van der Waals surface area contributed by atoms with Crippen molar-refractivity contribution in [2.45, 2.75) is 0 Å². The predicted octanol–water partition coefficient (Wildman–Crippen LogP) is 3.99. The van der Waals surface area contributed by atoms with E-state index in [1.165, 1.54) is 7.05 Å². The van der Waals surface area contributed by atoms with Crippen LogP contribution >= 0.6 is 0 Å². The number of aromatic amines is 1. The zero-order valence-corrected chi connectivity index (χ0v) is 19.1. The van der Waals surface area contributed by atoms with Gasteiger partial charge in [-0.25, -0.2) is 0 Å². The summed E-state index contributed by atoms with van der Waals surface area (Å²) in [7, 11) is 1.48. The number of imide groups is 1. The molecule has 2 amide bonds. The number of phenols is 1. The van der Waals surface area contributed by atoms with Gasteiger partial charge in [0.2, 0.25) is 0 Å². The number of aromatic nitrogens is 2. The molecule has 0 saturated heterocycles. The molecular weight excluding hydrogens is 507 g/mol. The fourth-order valence-corrected chi connectivity index (χ4v) is 3.93. The third kappa shape index (κ3) is 4.18. The number of rotatable bonds is 0. The Balaban J connectivity index is 0.000000294. The van der Waals surface area contributed by atoms with Crippen LogP contribution in [0.3, 0.4) is 0 Å². The number of benzene rings is 2. The van der Waals surface area contributed by atoms with Gasteiger partial charge in [-0.05, 0) is 62.8 Å². The fraction of sp³-hybridized carbons (Fsp3) is 0.0400. The number of hydrogen-bond donors (Lipinski definition) is 2. The van der Waals surface area contributed by atoms with Crippen molar-refractivity contribution in [3.05, 3.63) is 92.8 Å². The molecule has 161 valence electrons. The van der Waals surface area contributed by atoms with Crippen molar-refractivity contribution in [3.8, 4) is 5.75 Å². The maximum Gasteiger partial charge on any atom is 3.00 e. The summed E-state index contributed by atoms with van der Waals surface area (Å²) in [5, 5.41) is 11.8. The molecule has 7 nitrogen and oxygen atoms in total. The van der Waals surface area contributed by atoms with Crippen molar-refractivity contribution >= 4 is 44.5 Å². The number of nitrogens with one attached hydrogen (secondary N) is 1. The molecule has 1 fully saturated rings. The van der Waals surface area contributed by atoms with Crippen LogP contribution in [0.5, 0.6) is 5.75 Å². The van der Waals surface area contributed by atoms with Crippen LogP contribution < -0.4 is 0 Å². The van der Waals surface area contributed by atoms with Crippen molar-refractivity contribution < 1.29 is 38.8 Å². The Morgan fingerprint density at radius 1 is 0.939 bits per heavy atom. The van der Waals surface area contributed by atoms with Crippen molar-refractivity contribution in [3.63, 3.8) is 0 Å². The van der Waals surface area contributed by atoms with E-state index in [0.29, 0.717) is 38.3 Å². The number of phenolic OH excluding ortho intramolecular Hbond substituents is 1. The molecule has 1 saturated carbocycles. The summed E-state index contributed by atoms with van der Waals surface area (Å²) in [5.41, 5.74) is 2.86. The number of carbonyl (C=O) groups excluding carboxylic acids is 2. The van der Waals surface area contributed by atoms with Crippen LogP contribution in [0.4, 0.5) is 0 Å². The molecular formula is C25H17N3O4Ru+3. The zero-order chi connectivity index (χ0) is 22.8. The average Bonchev–Trinajstić information content (AvgIpc) is 3.33. The summed E-state index contributed by atoms with van der Waals surface area (Å²) in [5.74, 6) is -0.567. The van der Waals surface area contributed by atoms with E-state index in [1.807, 2.05) is 38.5 Å². The monoisotopic (exact) mass is 525 g/mol. The predicted molar refractivity (Wildman–Crippen MR) is 119 cm³/mol. The largest absolute Gasteiger partial charge is 3.00 e. The summed E-state index contributed by atoms with van der Waals surface area (Å²) >= 11 is 0. The molecule has 2 aliphatic rings. The summed E-state index contributed by atoms with van der Waals surface area (Å²) in [6, 6.07) is 8.47. The van der Waals surface area contributed by atoms with Crippen molar-refractivity contribution in [2.75, 3.05) is 7.05 Å². The van der Waals surface area contributed by atoms with Crippen LogP contribution in [0.25, 0.3) is 32.7 Å². The number of amides is 2. The second-order valence-corrected chi connectivity index (χ2v) is 7.08. The summed E-state index contributed by atoms with van der Waals surface area (Å²) in [6.45, 7) is 4.50. The van der Waals surface area contributed by atoms with E-state index in [1.54, 1.807) is 36.5 Å². The van der Waals surface area contributed by atoms with Crippen LogP contribution in [0.1, 0.15) is 20.7 Å². The Morgan fingerprint density at radius 3 is 2.18 bits per heavy atom. The van der Waals surface area contributed by atoms with Gasteiger partial charge in [-0.1, -0.05) is 6.07 Å². The van der Waals surface area contributed by atoms with Gasteiger partial charge < -0.3 is 10.1 Å². The van der Waals surface area contributed by atoms with E-state index in [0.717, 1.165) is 10.4 Å². The molecule has 6 rings (SSSR count). The van der Waals surface area contributed by atoms with Crippen molar-refractivity contribution in [1.82, 2.24) is 14.9 Å². The van der Waals surface area contributed by atoms with Crippen LogP contribution in [-0.2, 0) is 24.1 Å². The minimum absolute atomic E-state index is 0. The van der Waals surface area contributed by atoms with Gasteiger partial charge in [0.15, 0.2) is 0 Å². The summed E-state index contributed by atoms with van der Waals surface area (Å²) in [6.07, 6.45) is 13.7. The standard InChI is InChI=1S/C18H11N3O3.C6H6.CO.Ru/c1-21-17(23)13-9-3-2-6-19-15(9)16-12(14(13)18(21)24)10-7-8(22)4-5-11(10)20-16;1-2-4-6-5-3-1;1-2;/h2-7,20,22H,1H3;1-6H;;/q;;;+3. The number of aromatic hydroxyl groups is 1. The summed E-state index contributed by atoms with van der Waals surface area (Å²) in [4.78, 5) is 34.1. The quantitative estimate of drug-likeness (QED) is 0.157. The first-order valence-electron chi connectivity index (χ1n) is 9.66. The van der Waals surface area contributed by atoms with Crippen molar-refractivity contribution in [1.29, 1.82) is 0 Å². The number of fused-ring (bicyclic) bond motifs is 8. The topological polar surface area (TPSA) is 106 Å². The van der Waals surface area contributed by atoms with Crippen LogP contribution in [0.2, 0.25) is 0 Å². The van der Waals surface area contributed by atoms with Gasteiger partial charge in [0.25, 0.3) is 11.8 Å². The van der Waals surface area contributed by atoms with Crippen LogP contribution in [-0.4, -0.2) is 38.8 Å². The number of nitrogens with zero attached hydrogens (tertiary/aromatic N) is 2. The molecule has 2 aromatic carbocycles. The average molecular weight is 524 g/mol. The van der Waals surface area contributed by atoms with E-state index >= 15 is 0 Å². The van der Waals surface area contributed by atoms with Crippen LogP contribution in [0, 0.1) is 45.2 Å². The van der Waals surface area contributed by atoms with Gasteiger partial charge in [-0.15, -0.1) is 0 Å². The van der Waals surface area contributed by atoms with Gasteiger partial charge in [0.05, 0.1) is 22.2 Å². The first-order valence-corrected chi connectivity index (χ1v) is 9.66. The molecule has 2 N–H and O–H groups in total. The van der Waals surface area contributed by atoms with Gasteiger partial charge >= 0.3 is 30.8 Å². The first-order chi connectivity index (χ1) is 15.6. The van der Waals surface area contributed by atoms with Gasteiger partial charge in [-0.3, -0.25) is 19.5 Å². The Labute approximate surface area is 203 Å². The van der Waals surface area contributed by atoms with Gasteiger partial charge in [0, 0.05) is 34.9 Å². The summed E-state index contributed by atoms with van der Waals surface area (Å²) < 4.78 is 7.50. The molecule has 4 aromatic rings. The molecule has 0 bridgehead atoms. The molecule has 7 radical (unpaired) electrons. The van der Waals surface area contributed by atoms with E-state index in [9.17, 15) is 14.7 Å². The first kappa shape index (κ1) is 24.6. The molecule has 8 heteroatoms. The molecule has 2 aromatic heterocycles. The van der Waals surface area contributed by atoms with Crippen molar-refractivity contribution in [2.24, 2.45) is 0 Å². The molecule has 1 aliphatic carbocycles. The third-order valence-corrected chi connectivity index (χ3v) is 5.30. The number of carbonyl (C=O) groups is 2. The van der Waals surface area contributed by atoms with E-state index < -0.39 is 0 Å². The Morgan fingerprint density at radius 2 is 1.55 bits per heavy atom. The number of H-pyrrole nitrogens is 1. The minimum atomic E-state index is -0.338. The molecule has 1 aliphatic heterocycles. The minimum Gasteiger partial charge on any atom is -0.0312 e. The zero-order valence-electron chi connectivity index (χ0n) is 17.3. The fourth-order valence-electron chi connectivity index (χ4n) is 3.93. The second-order valence-electron chi connectivity index (χ2n) is 7.08. The number of pyridine rings is 1. The Bertz CT molecular complexity index is 1360. The van der Waals surface area contributed by atoms with Crippen LogP contribution in [0.15, 0.2) is 36.5 Å². The Kier molecular flexibility index (Phi) is 7.65. The van der Waals surface area contributed by atoms with Gasteiger partial charge in [-0.2, -0.15) is 0 Å². The maximum atomic E-state index is 12.7. The molecule has 33 heavy (non-hydrogen) atoms. The van der Waals surface area contributed by atoms with E-state index in [2.05, 4.69) is 16.6 Å². The molecule has 0 atom stereocenters.